The number of anilines is 1. The molecule has 0 amide bonds. The predicted octanol–water partition coefficient (Wildman–Crippen LogP) is 3.90. The summed E-state index contributed by atoms with van der Waals surface area (Å²) in [6.45, 7) is 6.99. The number of nitrogens with zero attached hydrogens (tertiary/aromatic N) is 3. The first-order chi connectivity index (χ1) is 10.7. The minimum atomic E-state index is 0.869. The van der Waals surface area contributed by atoms with E-state index in [0.717, 1.165) is 53.3 Å². The maximum Gasteiger partial charge on any atom is 0.138 e. The molecule has 0 unspecified atom stereocenters. The van der Waals surface area contributed by atoms with E-state index in [2.05, 4.69) is 33.4 Å². The summed E-state index contributed by atoms with van der Waals surface area (Å²) in [6.07, 6.45) is 4.65. The second kappa shape index (κ2) is 6.44. The van der Waals surface area contributed by atoms with E-state index in [1.807, 2.05) is 13.8 Å². The van der Waals surface area contributed by atoms with Crippen molar-refractivity contribution in [3.8, 4) is 0 Å². The summed E-state index contributed by atoms with van der Waals surface area (Å²) in [4.78, 5) is 11.1. The van der Waals surface area contributed by atoms with E-state index < -0.39 is 0 Å². The molecule has 116 valence electrons. The van der Waals surface area contributed by atoms with Crippen LogP contribution >= 0.6 is 11.3 Å². The Bertz CT molecular complexity index is 758. The number of aromatic nitrogens is 3. The predicted molar refractivity (Wildman–Crippen MR) is 89.6 cm³/mol. The van der Waals surface area contributed by atoms with Gasteiger partial charge in [0.15, 0.2) is 0 Å². The second-order valence-corrected chi connectivity index (χ2v) is 6.46. The van der Waals surface area contributed by atoms with Crippen LogP contribution in [-0.2, 0) is 12.8 Å². The normalized spacial score (nSPS) is 11.2. The molecule has 3 aromatic rings. The van der Waals surface area contributed by atoms with Crippen LogP contribution < -0.4 is 5.32 Å². The Labute approximate surface area is 133 Å². The molecule has 0 bridgehead atoms. The van der Waals surface area contributed by atoms with Gasteiger partial charge in [0.1, 0.15) is 22.7 Å². The zero-order valence-corrected chi connectivity index (χ0v) is 14.0. The van der Waals surface area contributed by atoms with Gasteiger partial charge in [0, 0.05) is 17.0 Å². The van der Waals surface area contributed by atoms with Crippen molar-refractivity contribution in [3.63, 3.8) is 0 Å². The molecule has 0 aliphatic carbocycles. The summed E-state index contributed by atoms with van der Waals surface area (Å²) < 4.78 is 5.19. The summed E-state index contributed by atoms with van der Waals surface area (Å²) in [5.74, 6) is 1.85. The fourth-order valence-corrected chi connectivity index (χ4v) is 3.49. The lowest BCUT2D eigenvalue weighted by Gasteiger charge is -2.06. The number of thiophene rings is 1. The molecular weight excluding hydrogens is 296 g/mol. The zero-order chi connectivity index (χ0) is 15.5. The summed E-state index contributed by atoms with van der Waals surface area (Å²) in [6, 6.07) is 2.19. The highest BCUT2D eigenvalue weighted by Crippen LogP contribution is 2.28. The van der Waals surface area contributed by atoms with Gasteiger partial charge in [-0.25, -0.2) is 9.97 Å². The highest BCUT2D eigenvalue weighted by molar-refractivity contribution is 7.18. The largest absolute Gasteiger partial charge is 0.369 e. The standard InChI is InChI=1S/C16H20N4OS/c1-4-12-8-14-15(18-9-19-16(14)22-12)17-7-5-6-13-10(2)20-21-11(13)3/h8-9H,4-7H2,1-3H3,(H,17,18,19). The topological polar surface area (TPSA) is 63.8 Å². The van der Waals surface area contributed by atoms with Crippen molar-refractivity contribution in [1.82, 2.24) is 15.1 Å². The number of hydrogen-bond donors (Lipinski definition) is 1. The average Bonchev–Trinajstić information content (AvgIpc) is 3.08. The molecule has 0 saturated heterocycles. The molecule has 3 heterocycles. The molecule has 0 spiro atoms. The maximum absolute atomic E-state index is 5.19. The summed E-state index contributed by atoms with van der Waals surface area (Å²) in [5, 5.41) is 8.55. The van der Waals surface area contributed by atoms with Crippen molar-refractivity contribution in [3.05, 3.63) is 34.3 Å². The molecular formula is C16H20N4OS. The van der Waals surface area contributed by atoms with Gasteiger partial charge in [-0.15, -0.1) is 11.3 Å². The molecule has 22 heavy (non-hydrogen) atoms. The van der Waals surface area contributed by atoms with Crippen LogP contribution in [0.4, 0.5) is 5.82 Å². The summed E-state index contributed by atoms with van der Waals surface area (Å²) in [7, 11) is 0. The first kappa shape index (κ1) is 15.0. The second-order valence-electron chi connectivity index (χ2n) is 5.34. The van der Waals surface area contributed by atoms with Crippen LogP contribution in [0, 0.1) is 13.8 Å². The highest BCUT2D eigenvalue weighted by atomic mass is 32.1. The fraction of sp³-hybridized carbons (Fsp3) is 0.438. The van der Waals surface area contributed by atoms with Crippen molar-refractivity contribution in [1.29, 1.82) is 0 Å². The van der Waals surface area contributed by atoms with Gasteiger partial charge in [-0.2, -0.15) is 0 Å². The Morgan fingerprint density at radius 3 is 2.86 bits per heavy atom. The van der Waals surface area contributed by atoms with Crippen LogP contribution in [-0.4, -0.2) is 21.7 Å². The lowest BCUT2D eigenvalue weighted by Crippen LogP contribution is -2.05. The number of nitrogens with one attached hydrogen (secondary N) is 1. The number of aryl methyl sites for hydroxylation is 3. The van der Waals surface area contributed by atoms with E-state index in [-0.39, 0.29) is 0 Å². The SMILES string of the molecule is CCc1cc2c(NCCCc3c(C)noc3C)ncnc2s1. The minimum absolute atomic E-state index is 0.869. The Morgan fingerprint density at radius 2 is 2.14 bits per heavy atom. The maximum atomic E-state index is 5.19. The van der Waals surface area contributed by atoms with Gasteiger partial charge in [-0.3, -0.25) is 0 Å². The van der Waals surface area contributed by atoms with Crippen molar-refractivity contribution < 1.29 is 4.52 Å². The number of rotatable bonds is 6. The van der Waals surface area contributed by atoms with E-state index in [4.69, 9.17) is 4.52 Å². The molecule has 0 aliphatic heterocycles. The molecule has 5 nitrogen and oxygen atoms in total. The molecule has 3 aromatic heterocycles. The van der Waals surface area contributed by atoms with Gasteiger partial charge in [-0.1, -0.05) is 12.1 Å². The number of hydrogen-bond acceptors (Lipinski definition) is 6. The fourth-order valence-electron chi connectivity index (χ4n) is 2.55. The van der Waals surface area contributed by atoms with Gasteiger partial charge < -0.3 is 9.84 Å². The Hall–Kier alpha value is -1.95. The van der Waals surface area contributed by atoms with E-state index >= 15 is 0 Å². The van der Waals surface area contributed by atoms with Crippen LogP contribution in [0.1, 0.15) is 35.2 Å². The van der Waals surface area contributed by atoms with Crippen LogP contribution in [0.25, 0.3) is 10.2 Å². The van der Waals surface area contributed by atoms with Crippen molar-refractivity contribution in [2.45, 2.75) is 40.0 Å². The third-order valence-electron chi connectivity index (χ3n) is 3.81. The lowest BCUT2D eigenvalue weighted by atomic mass is 10.1. The van der Waals surface area contributed by atoms with Crippen molar-refractivity contribution in [2.24, 2.45) is 0 Å². The van der Waals surface area contributed by atoms with Crippen molar-refractivity contribution in [2.75, 3.05) is 11.9 Å². The lowest BCUT2D eigenvalue weighted by molar-refractivity contribution is 0.392. The first-order valence-electron chi connectivity index (χ1n) is 7.58. The van der Waals surface area contributed by atoms with E-state index in [0.29, 0.717) is 0 Å². The molecule has 3 rings (SSSR count). The third-order valence-corrected chi connectivity index (χ3v) is 4.99. The molecule has 0 aliphatic rings. The first-order valence-corrected chi connectivity index (χ1v) is 8.39. The van der Waals surface area contributed by atoms with Crippen LogP contribution in [0.3, 0.4) is 0 Å². The molecule has 0 fully saturated rings. The molecule has 0 aromatic carbocycles. The van der Waals surface area contributed by atoms with Crippen molar-refractivity contribution >= 4 is 27.4 Å². The Morgan fingerprint density at radius 1 is 1.27 bits per heavy atom. The molecule has 0 saturated carbocycles. The monoisotopic (exact) mass is 316 g/mol. The molecule has 1 N–H and O–H groups in total. The van der Waals surface area contributed by atoms with Gasteiger partial charge in [0.2, 0.25) is 0 Å². The average molecular weight is 316 g/mol. The van der Waals surface area contributed by atoms with Gasteiger partial charge in [-0.05, 0) is 39.2 Å². The van der Waals surface area contributed by atoms with Gasteiger partial charge in [0.25, 0.3) is 0 Å². The molecule has 6 heteroatoms. The quantitative estimate of drug-likeness (QED) is 0.699. The third kappa shape index (κ3) is 2.97. The summed E-state index contributed by atoms with van der Waals surface area (Å²) in [5.41, 5.74) is 2.21. The van der Waals surface area contributed by atoms with Crippen LogP contribution in [0.5, 0.6) is 0 Å². The molecule has 0 radical (unpaired) electrons. The van der Waals surface area contributed by atoms with E-state index in [9.17, 15) is 0 Å². The van der Waals surface area contributed by atoms with E-state index in [1.54, 1.807) is 17.7 Å². The minimum Gasteiger partial charge on any atom is -0.369 e. The van der Waals surface area contributed by atoms with Gasteiger partial charge >= 0.3 is 0 Å². The Balaban J connectivity index is 1.63. The van der Waals surface area contributed by atoms with E-state index in [1.165, 1.54) is 10.4 Å². The Kier molecular flexibility index (Phi) is 4.38. The zero-order valence-electron chi connectivity index (χ0n) is 13.1. The van der Waals surface area contributed by atoms with Crippen LogP contribution in [0.2, 0.25) is 0 Å². The van der Waals surface area contributed by atoms with Crippen LogP contribution in [0.15, 0.2) is 16.9 Å². The molecule has 0 atom stereocenters. The smallest absolute Gasteiger partial charge is 0.138 e. The highest BCUT2D eigenvalue weighted by Gasteiger charge is 2.10. The van der Waals surface area contributed by atoms with Gasteiger partial charge in [0.05, 0.1) is 11.1 Å². The number of fused-ring (bicyclic) bond motifs is 1. The summed E-state index contributed by atoms with van der Waals surface area (Å²) >= 11 is 1.74.